The summed E-state index contributed by atoms with van der Waals surface area (Å²) in [6.07, 6.45) is 0.787. The third kappa shape index (κ3) is 4.77. The fourth-order valence-electron chi connectivity index (χ4n) is 2.61. The molecule has 0 saturated carbocycles. The second-order valence-corrected chi connectivity index (χ2v) is 7.39. The number of rotatable bonds is 6. The van der Waals surface area contributed by atoms with E-state index in [1.165, 1.54) is 0 Å². The van der Waals surface area contributed by atoms with Crippen molar-refractivity contribution in [1.29, 1.82) is 0 Å². The van der Waals surface area contributed by atoms with Crippen molar-refractivity contribution in [3.63, 3.8) is 0 Å². The number of anilines is 1. The number of fused-ring (bicyclic) bond motifs is 1. The summed E-state index contributed by atoms with van der Waals surface area (Å²) in [5.41, 5.74) is 2.28. The molecule has 0 aliphatic rings. The molecule has 3 aromatic rings. The first-order valence-corrected chi connectivity index (χ1v) is 9.62. The van der Waals surface area contributed by atoms with Gasteiger partial charge in [-0.2, -0.15) is 0 Å². The Labute approximate surface area is 166 Å². The molecule has 6 heteroatoms. The molecule has 2 aromatic carbocycles. The van der Waals surface area contributed by atoms with Crippen molar-refractivity contribution in [3.05, 3.63) is 64.3 Å². The van der Waals surface area contributed by atoms with E-state index in [-0.39, 0.29) is 23.5 Å². The highest BCUT2D eigenvalue weighted by Crippen LogP contribution is 2.23. The standard InChI is InChI=1S/C21H21BrN2O3/c1-3-13(2)20(25)24-17-6-4-5-14(9-17)12-23-21(26)19-11-15-10-16(22)7-8-18(15)27-19/h4-11,13H,3,12H2,1-2H3,(H,23,26)(H,24,25). The molecular formula is C21H21BrN2O3. The average molecular weight is 429 g/mol. The maximum Gasteiger partial charge on any atom is 0.287 e. The molecule has 0 aliphatic heterocycles. The highest BCUT2D eigenvalue weighted by molar-refractivity contribution is 9.10. The van der Waals surface area contributed by atoms with Crippen LogP contribution in [0.4, 0.5) is 5.69 Å². The van der Waals surface area contributed by atoms with Crippen LogP contribution >= 0.6 is 15.9 Å². The third-order valence-electron chi connectivity index (χ3n) is 4.41. The summed E-state index contributed by atoms with van der Waals surface area (Å²) in [6, 6.07) is 14.8. The van der Waals surface area contributed by atoms with E-state index >= 15 is 0 Å². The first-order chi connectivity index (χ1) is 13.0. The molecule has 0 bridgehead atoms. The molecule has 5 nitrogen and oxygen atoms in total. The van der Waals surface area contributed by atoms with Crippen LogP contribution in [0.3, 0.4) is 0 Å². The van der Waals surface area contributed by atoms with Crippen LogP contribution in [0.15, 0.2) is 57.4 Å². The minimum absolute atomic E-state index is 0.00729. The summed E-state index contributed by atoms with van der Waals surface area (Å²) < 4.78 is 6.53. The molecule has 2 N–H and O–H groups in total. The van der Waals surface area contributed by atoms with Gasteiger partial charge in [0.15, 0.2) is 5.76 Å². The van der Waals surface area contributed by atoms with Gasteiger partial charge in [-0.25, -0.2) is 0 Å². The molecule has 2 amide bonds. The van der Waals surface area contributed by atoms with Gasteiger partial charge in [0.2, 0.25) is 5.91 Å². The van der Waals surface area contributed by atoms with Crippen molar-refractivity contribution >= 4 is 44.4 Å². The van der Waals surface area contributed by atoms with Gasteiger partial charge in [0.1, 0.15) is 5.58 Å². The van der Waals surface area contributed by atoms with E-state index in [1.54, 1.807) is 6.07 Å². The van der Waals surface area contributed by atoms with Crippen LogP contribution in [-0.4, -0.2) is 11.8 Å². The Bertz CT molecular complexity index is 980. The summed E-state index contributed by atoms with van der Waals surface area (Å²) in [4.78, 5) is 24.4. The molecule has 0 radical (unpaired) electrons. The lowest BCUT2D eigenvalue weighted by molar-refractivity contribution is -0.119. The summed E-state index contributed by atoms with van der Waals surface area (Å²) in [5.74, 6) is -0.0608. The molecular weight excluding hydrogens is 408 g/mol. The van der Waals surface area contributed by atoms with Gasteiger partial charge in [-0.05, 0) is 48.4 Å². The van der Waals surface area contributed by atoms with Crippen LogP contribution in [0.2, 0.25) is 0 Å². The van der Waals surface area contributed by atoms with Crippen molar-refractivity contribution in [3.8, 4) is 0 Å². The lowest BCUT2D eigenvalue weighted by atomic mass is 10.1. The van der Waals surface area contributed by atoms with E-state index in [0.717, 1.165) is 27.5 Å². The van der Waals surface area contributed by atoms with E-state index < -0.39 is 0 Å². The van der Waals surface area contributed by atoms with E-state index in [0.29, 0.717) is 12.1 Å². The Morgan fingerprint density at radius 3 is 2.74 bits per heavy atom. The van der Waals surface area contributed by atoms with Crippen LogP contribution in [0, 0.1) is 5.92 Å². The highest BCUT2D eigenvalue weighted by Gasteiger charge is 2.13. The SMILES string of the molecule is CCC(C)C(=O)Nc1cccc(CNC(=O)c2cc3cc(Br)ccc3o2)c1. The summed E-state index contributed by atoms with van der Waals surface area (Å²) in [7, 11) is 0. The predicted octanol–water partition coefficient (Wildman–Crippen LogP) is 5.11. The second kappa shape index (κ2) is 8.39. The maximum atomic E-state index is 12.4. The topological polar surface area (TPSA) is 71.3 Å². The Balaban J connectivity index is 1.64. The highest BCUT2D eigenvalue weighted by atomic mass is 79.9. The van der Waals surface area contributed by atoms with Gasteiger partial charge in [0.05, 0.1) is 0 Å². The molecule has 3 rings (SSSR count). The maximum absolute atomic E-state index is 12.4. The van der Waals surface area contributed by atoms with Gasteiger partial charge in [-0.15, -0.1) is 0 Å². The monoisotopic (exact) mass is 428 g/mol. The molecule has 1 aromatic heterocycles. The first kappa shape index (κ1) is 19.2. The van der Waals surface area contributed by atoms with Crippen molar-refractivity contribution in [2.45, 2.75) is 26.8 Å². The van der Waals surface area contributed by atoms with Crippen LogP contribution in [0.5, 0.6) is 0 Å². The molecule has 0 fully saturated rings. The summed E-state index contributed by atoms with van der Waals surface area (Å²) in [5, 5.41) is 6.61. The zero-order valence-electron chi connectivity index (χ0n) is 15.2. The third-order valence-corrected chi connectivity index (χ3v) is 4.90. The van der Waals surface area contributed by atoms with Crippen LogP contribution in [-0.2, 0) is 11.3 Å². The number of amides is 2. The van der Waals surface area contributed by atoms with Gasteiger partial charge in [-0.1, -0.05) is 41.9 Å². The number of hydrogen-bond donors (Lipinski definition) is 2. The van der Waals surface area contributed by atoms with Gasteiger partial charge < -0.3 is 15.1 Å². The van der Waals surface area contributed by atoms with E-state index in [4.69, 9.17) is 4.42 Å². The molecule has 0 spiro atoms. The minimum Gasteiger partial charge on any atom is -0.451 e. The predicted molar refractivity (Wildman–Crippen MR) is 110 cm³/mol. The smallest absolute Gasteiger partial charge is 0.287 e. The number of furan rings is 1. The van der Waals surface area contributed by atoms with Gasteiger partial charge >= 0.3 is 0 Å². The van der Waals surface area contributed by atoms with Crippen molar-refractivity contribution in [2.75, 3.05) is 5.32 Å². The van der Waals surface area contributed by atoms with Crippen molar-refractivity contribution in [2.24, 2.45) is 5.92 Å². The average Bonchev–Trinajstić information content (AvgIpc) is 3.09. The van der Waals surface area contributed by atoms with E-state index in [1.807, 2.05) is 56.3 Å². The molecule has 0 saturated heterocycles. The number of benzene rings is 2. The van der Waals surface area contributed by atoms with Crippen LogP contribution in [0.25, 0.3) is 11.0 Å². The molecule has 1 heterocycles. The minimum atomic E-state index is -0.281. The number of hydrogen-bond acceptors (Lipinski definition) is 3. The number of carbonyl (C=O) groups excluding carboxylic acids is 2. The largest absolute Gasteiger partial charge is 0.451 e. The zero-order chi connectivity index (χ0) is 19.4. The molecule has 1 unspecified atom stereocenters. The van der Waals surface area contributed by atoms with E-state index in [9.17, 15) is 9.59 Å². The fourth-order valence-corrected chi connectivity index (χ4v) is 2.98. The Morgan fingerprint density at radius 2 is 1.96 bits per heavy atom. The summed E-state index contributed by atoms with van der Waals surface area (Å²) >= 11 is 3.40. The zero-order valence-corrected chi connectivity index (χ0v) is 16.8. The van der Waals surface area contributed by atoms with Crippen molar-refractivity contribution < 1.29 is 14.0 Å². The Morgan fingerprint density at radius 1 is 1.15 bits per heavy atom. The first-order valence-electron chi connectivity index (χ1n) is 8.83. The molecule has 0 aliphatic carbocycles. The lowest BCUT2D eigenvalue weighted by Gasteiger charge is -2.11. The van der Waals surface area contributed by atoms with Gasteiger partial charge in [0.25, 0.3) is 5.91 Å². The quantitative estimate of drug-likeness (QED) is 0.572. The number of nitrogens with one attached hydrogen (secondary N) is 2. The molecule has 27 heavy (non-hydrogen) atoms. The van der Waals surface area contributed by atoms with Gasteiger partial charge in [0, 0.05) is 28.0 Å². The Kier molecular flexibility index (Phi) is 5.96. The van der Waals surface area contributed by atoms with E-state index in [2.05, 4.69) is 26.6 Å². The molecule has 140 valence electrons. The lowest BCUT2D eigenvalue weighted by Crippen LogP contribution is -2.22. The second-order valence-electron chi connectivity index (χ2n) is 6.47. The van der Waals surface area contributed by atoms with Crippen LogP contribution in [0.1, 0.15) is 36.4 Å². The molecule has 1 atom stereocenters. The normalized spacial score (nSPS) is 12.0. The number of halogens is 1. The summed E-state index contributed by atoms with van der Waals surface area (Å²) in [6.45, 7) is 4.21. The fraction of sp³-hybridized carbons (Fsp3) is 0.238. The van der Waals surface area contributed by atoms with Gasteiger partial charge in [-0.3, -0.25) is 9.59 Å². The number of carbonyl (C=O) groups is 2. The van der Waals surface area contributed by atoms with Crippen molar-refractivity contribution in [1.82, 2.24) is 5.32 Å². The Hall–Kier alpha value is -2.60. The van der Waals surface area contributed by atoms with Crippen LogP contribution < -0.4 is 10.6 Å².